The minimum atomic E-state index is -4.93. The Labute approximate surface area is 139 Å². The van der Waals surface area contributed by atoms with E-state index in [1.165, 1.54) is 11.3 Å². The second-order valence-electron chi connectivity index (χ2n) is 5.43. The highest BCUT2D eigenvalue weighted by Gasteiger charge is 2.64. The molecule has 2 heterocycles. The van der Waals surface area contributed by atoms with Crippen LogP contribution in [0, 0.1) is 5.41 Å². The molecule has 1 aliphatic rings. The molecule has 1 unspecified atom stereocenters. The number of nitrogens with one attached hydrogen (secondary N) is 1. The lowest BCUT2D eigenvalue weighted by Crippen LogP contribution is -2.48. The molecule has 1 aliphatic heterocycles. The van der Waals surface area contributed by atoms with E-state index in [1.807, 2.05) is 0 Å². The summed E-state index contributed by atoms with van der Waals surface area (Å²) in [4.78, 5) is 36.1. The molecular weight excluding hydrogens is 349 g/mol. The number of hydrogen-bond acceptors (Lipinski definition) is 4. The Morgan fingerprint density at radius 1 is 1.38 bits per heavy atom. The number of carboxylic acid groups (broad SMARTS) is 1. The van der Waals surface area contributed by atoms with Crippen LogP contribution in [-0.2, 0) is 9.59 Å². The SMILES string of the molecule is O=C(NCCC(=O)N1CCC(C(=O)O)(C(F)(F)F)C1)c1cccs1. The summed E-state index contributed by atoms with van der Waals surface area (Å²) in [5.74, 6) is -2.96. The number of thiophene rings is 1. The van der Waals surface area contributed by atoms with Crippen LogP contribution in [0.4, 0.5) is 13.2 Å². The number of carboxylic acids is 1. The van der Waals surface area contributed by atoms with Crippen LogP contribution in [-0.4, -0.2) is 53.6 Å². The molecule has 24 heavy (non-hydrogen) atoms. The summed E-state index contributed by atoms with van der Waals surface area (Å²) in [6, 6.07) is 3.30. The van der Waals surface area contributed by atoms with E-state index in [1.54, 1.807) is 17.5 Å². The summed E-state index contributed by atoms with van der Waals surface area (Å²) in [5, 5.41) is 13.2. The van der Waals surface area contributed by atoms with Gasteiger partial charge in [0.05, 0.1) is 4.88 Å². The Kier molecular flexibility index (Phi) is 5.16. The number of hydrogen-bond donors (Lipinski definition) is 2. The van der Waals surface area contributed by atoms with Gasteiger partial charge in [0, 0.05) is 26.1 Å². The molecule has 1 saturated heterocycles. The van der Waals surface area contributed by atoms with Crippen molar-refractivity contribution in [1.29, 1.82) is 0 Å². The lowest BCUT2D eigenvalue weighted by Gasteiger charge is -2.27. The van der Waals surface area contributed by atoms with Gasteiger partial charge in [0.2, 0.25) is 5.91 Å². The van der Waals surface area contributed by atoms with Crippen LogP contribution in [0.5, 0.6) is 0 Å². The third-order valence-electron chi connectivity index (χ3n) is 3.94. The van der Waals surface area contributed by atoms with E-state index in [4.69, 9.17) is 5.11 Å². The fourth-order valence-electron chi connectivity index (χ4n) is 2.49. The summed E-state index contributed by atoms with van der Waals surface area (Å²) < 4.78 is 39.1. The fourth-order valence-corrected chi connectivity index (χ4v) is 3.13. The maximum atomic E-state index is 13.0. The standard InChI is InChI=1S/C14H15F3N2O4S/c15-14(16,17)13(12(22)23)4-6-19(8-13)10(20)3-5-18-11(21)9-2-1-7-24-9/h1-2,7H,3-6,8H2,(H,18,21)(H,22,23). The van der Waals surface area contributed by atoms with Crippen molar-refractivity contribution in [1.82, 2.24) is 10.2 Å². The Bertz CT molecular complexity index is 632. The smallest absolute Gasteiger partial charge is 0.406 e. The van der Waals surface area contributed by atoms with Crippen LogP contribution < -0.4 is 5.32 Å². The van der Waals surface area contributed by atoms with Crippen molar-refractivity contribution >= 4 is 29.1 Å². The molecule has 0 spiro atoms. The number of carbonyl (C=O) groups excluding carboxylic acids is 2. The number of rotatable bonds is 5. The van der Waals surface area contributed by atoms with Crippen LogP contribution >= 0.6 is 11.3 Å². The normalized spacial score (nSPS) is 20.9. The molecule has 10 heteroatoms. The van der Waals surface area contributed by atoms with E-state index < -0.39 is 36.4 Å². The molecule has 2 N–H and O–H groups in total. The monoisotopic (exact) mass is 364 g/mol. The largest absolute Gasteiger partial charge is 0.481 e. The van der Waals surface area contributed by atoms with E-state index in [2.05, 4.69) is 5.32 Å². The molecule has 6 nitrogen and oxygen atoms in total. The molecule has 1 atom stereocenters. The molecule has 0 aliphatic carbocycles. The molecule has 1 fully saturated rings. The van der Waals surface area contributed by atoms with Gasteiger partial charge in [-0.2, -0.15) is 13.2 Å². The number of aliphatic carboxylic acids is 1. The average Bonchev–Trinajstić information content (AvgIpc) is 3.16. The lowest BCUT2D eigenvalue weighted by atomic mass is 9.86. The van der Waals surface area contributed by atoms with Crippen LogP contribution in [0.25, 0.3) is 0 Å². The quantitative estimate of drug-likeness (QED) is 0.833. The fraction of sp³-hybridized carbons (Fsp3) is 0.500. The Hall–Kier alpha value is -2.10. The summed E-state index contributed by atoms with van der Waals surface area (Å²) in [6.45, 7) is -1.20. The van der Waals surface area contributed by atoms with Crippen molar-refractivity contribution in [3.05, 3.63) is 22.4 Å². The zero-order valence-electron chi connectivity index (χ0n) is 12.4. The first-order valence-electron chi connectivity index (χ1n) is 7.07. The van der Waals surface area contributed by atoms with Crippen molar-refractivity contribution < 1.29 is 32.7 Å². The summed E-state index contributed by atoms with van der Waals surface area (Å²) in [7, 11) is 0. The number of nitrogens with zero attached hydrogens (tertiary/aromatic N) is 1. The van der Waals surface area contributed by atoms with Crippen molar-refractivity contribution in [2.24, 2.45) is 5.41 Å². The maximum absolute atomic E-state index is 13.0. The molecular formula is C14H15F3N2O4S. The third-order valence-corrected chi connectivity index (χ3v) is 4.81. The molecule has 0 aromatic carbocycles. The summed E-state index contributed by atoms with van der Waals surface area (Å²) in [5.41, 5.74) is -2.91. The number of halogens is 3. The van der Waals surface area contributed by atoms with Crippen LogP contribution in [0.2, 0.25) is 0 Å². The summed E-state index contributed by atoms with van der Waals surface area (Å²) in [6.07, 6.45) is -5.79. The highest BCUT2D eigenvalue weighted by atomic mass is 32.1. The second-order valence-corrected chi connectivity index (χ2v) is 6.38. The average molecular weight is 364 g/mol. The van der Waals surface area contributed by atoms with Gasteiger partial charge in [0.15, 0.2) is 5.41 Å². The molecule has 2 amide bonds. The van der Waals surface area contributed by atoms with Crippen molar-refractivity contribution in [3.63, 3.8) is 0 Å². The van der Waals surface area contributed by atoms with Gasteiger partial charge in [-0.1, -0.05) is 6.07 Å². The Morgan fingerprint density at radius 2 is 2.08 bits per heavy atom. The lowest BCUT2D eigenvalue weighted by molar-refractivity contribution is -0.227. The van der Waals surface area contributed by atoms with Gasteiger partial charge in [-0.15, -0.1) is 11.3 Å². The van der Waals surface area contributed by atoms with Crippen molar-refractivity contribution in [2.75, 3.05) is 19.6 Å². The van der Waals surface area contributed by atoms with Crippen LogP contribution in [0.3, 0.4) is 0 Å². The molecule has 2 rings (SSSR count). The molecule has 0 saturated carbocycles. The highest BCUT2D eigenvalue weighted by Crippen LogP contribution is 2.45. The van der Waals surface area contributed by atoms with Gasteiger partial charge < -0.3 is 15.3 Å². The van der Waals surface area contributed by atoms with E-state index in [-0.39, 0.29) is 25.4 Å². The van der Waals surface area contributed by atoms with Gasteiger partial charge in [-0.25, -0.2) is 0 Å². The van der Waals surface area contributed by atoms with Gasteiger partial charge in [0.1, 0.15) is 0 Å². The van der Waals surface area contributed by atoms with E-state index >= 15 is 0 Å². The number of likely N-dealkylation sites (tertiary alicyclic amines) is 1. The molecule has 1 aromatic rings. The second kappa shape index (κ2) is 6.80. The molecule has 0 bridgehead atoms. The van der Waals surface area contributed by atoms with Gasteiger partial charge in [-0.3, -0.25) is 14.4 Å². The molecule has 1 aromatic heterocycles. The van der Waals surface area contributed by atoms with E-state index in [0.29, 0.717) is 4.88 Å². The third kappa shape index (κ3) is 3.53. The van der Waals surface area contributed by atoms with Gasteiger partial charge in [0.25, 0.3) is 5.91 Å². The first-order valence-corrected chi connectivity index (χ1v) is 7.95. The highest BCUT2D eigenvalue weighted by molar-refractivity contribution is 7.12. The minimum Gasteiger partial charge on any atom is -0.481 e. The van der Waals surface area contributed by atoms with Gasteiger partial charge in [-0.05, 0) is 17.9 Å². The zero-order valence-corrected chi connectivity index (χ0v) is 13.2. The van der Waals surface area contributed by atoms with Crippen molar-refractivity contribution in [2.45, 2.75) is 19.0 Å². The number of alkyl halides is 3. The van der Waals surface area contributed by atoms with E-state index in [0.717, 1.165) is 4.90 Å². The maximum Gasteiger partial charge on any atom is 0.406 e. The first kappa shape index (κ1) is 18.2. The molecule has 0 radical (unpaired) electrons. The minimum absolute atomic E-state index is 0.0296. The topological polar surface area (TPSA) is 86.7 Å². The molecule has 132 valence electrons. The predicted molar refractivity (Wildman–Crippen MR) is 78.6 cm³/mol. The summed E-state index contributed by atoms with van der Waals surface area (Å²) >= 11 is 1.22. The zero-order chi connectivity index (χ0) is 18.0. The van der Waals surface area contributed by atoms with Crippen LogP contribution in [0.15, 0.2) is 17.5 Å². The predicted octanol–water partition coefficient (Wildman–Crippen LogP) is 1.73. The van der Waals surface area contributed by atoms with Crippen molar-refractivity contribution in [3.8, 4) is 0 Å². The van der Waals surface area contributed by atoms with E-state index in [9.17, 15) is 27.6 Å². The first-order chi connectivity index (χ1) is 11.2. The number of amides is 2. The van der Waals surface area contributed by atoms with Gasteiger partial charge >= 0.3 is 12.1 Å². The Balaban J connectivity index is 1.88. The Morgan fingerprint density at radius 3 is 2.58 bits per heavy atom. The number of carbonyl (C=O) groups is 3. The van der Waals surface area contributed by atoms with Crippen LogP contribution in [0.1, 0.15) is 22.5 Å².